The molecule has 1 aromatic heterocycles. The highest BCUT2D eigenvalue weighted by atomic mass is 35.5. The van der Waals surface area contributed by atoms with Gasteiger partial charge in [0.25, 0.3) is 0 Å². The van der Waals surface area contributed by atoms with Crippen LogP contribution in [0.25, 0.3) is 0 Å². The lowest BCUT2D eigenvalue weighted by molar-refractivity contribution is 0.443. The minimum Gasteiger partial charge on any atom is -0.319 e. The topological polar surface area (TPSA) is 40.7 Å². The predicted molar refractivity (Wildman–Crippen MR) is 95.7 cm³/mol. The number of rotatable bonds is 6. The molecule has 0 saturated heterocycles. The van der Waals surface area contributed by atoms with Crippen LogP contribution in [0.3, 0.4) is 0 Å². The summed E-state index contributed by atoms with van der Waals surface area (Å²) >= 11 is 5.94. The maximum atomic E-state index is 5.94. The minimum absolute atomic E-state index is 0.397. The Labute approximate surface area is 138 Å². The predicted octanol–water partition coefficient (Wildman–Crippen LogP) is 4.23. The molecule has 0 saturated carbocycles. The van der Waals surface area contributed by atoms with Gasteiger partial charge >= 0.3 is 0 Å². The van der Waals surface area contributed by atoms with E-state index in [1.807, 2.05) is 31.3 Å². The quantitative estimate of drug-likeness (QED) is 0.771. The smallest absolute Gasteiger partial charge is 0.0487 e. The van der Waals surface area contributed by atoms with Crippen molar-refractivity contribution in [3.05, 3.63) is 78.7 Å². The Morgan fingerprint density at radius 3 is 2.91 bits per heavy atom. The molecule has 1 aromatic rings. The molecule has 2 unspecified atom stereocenters. The van der Waals surface area contributed by atoms with Gasteiger partial charge in [0.2, 0.25) is 0 Å². The van der Waals surface area contributed by atoms with Gasteiger partial charge in [0.1, 0.15) is 0 Å². The highest BCUT2D eigenvalue weighted by Gasteiger charge is 2.21. The van der Waals surface area contributed by atoms with Crippen LogP contribution in [0.4, 0.5) is 0 Å². The second kappa shape index (κ2) is 10.8. The lowest BCUT2D eigenvalue weighted by atomic mass is 9.82. The molecule has 2 N–H and O–H groups in total. The second-order valence-electron chi connectivity index (χ2n) is 4.95. The molecule has 0 spiro atoms. The molecule has 118 valence electrons. The maximum absolute atomic E-state index is 5.94. The Morgan fingerprint density at radius 2 is 2.45 bits per heavy atom. The van der Waals surface area contributed by atoms with Crippen LogP contribution in [0.15, 0.2) is 78.7 Å². The summed E-state index contributed by atoms with van der Waals surface area (Å²) in [5.74, 6) is 0.861. The van der Waals surface area contributed by atoms with Crippen LogP contribution in [0.1, 0.15) is 6.42 Å². The molecule has 0 aromatic carbocycles. The average molecular weight is 318 g/mol. The van der Waals surface area contributed by atoms with Gasteiger partial charge in [-0.1, -0.05) is 60.7 Å². The maximum Gasteiger partial charge on any atom is 0.0487 e. The number of nitrogens with one attached hydrogen (secondary N) is 2. The van der Waals surface area contributed by atoms with Gasteiger partial charge in [-0.2, -0.15) is 5.10 Å². The van der Waals surface area contributed by atoms with Crippen LogP contribution < -0.4 is 5.32 Å². The molecule has 4 heteroatoms. The van der Waals surface area contributed by atoms with Crippen molar-refractivity contribution in [1.29, 1.82) is 0 Å². The average Bonchev–Trinajstić information content (AvgIpc) is 3.11. The van der Waals surface area contributed by atoms with E-state index in [2.05, 4.69) is 40.8 Å². The van der Waals surface area contributed by atoms with E-state index in [9.17, 15) is 0 Å². The normalized spacial score (nSPS) is 18.3. The zero-order chi connectivity index (χ0) is 16.2. The third-order valence-corrected chi connectivity index (χ3v) is 3.64. The SMILES string of the molecule is C=C/C=C\C(=C)C(CNC)C1C=CC(Cl)=CC1.c1cn[nH]c1. The fourth-order valence-electron chi connectivity index (χ4n) is 2.22. The number of nitrogens with zero attached hydrogens (tertiary/aromatic N) is 1. The van der Waals surface area contributed by atoms with E-state index >= 15 is 0 Å². The van der Waals surface area contributed by atoms with E-state index in [4.69, 9.17) is 11.6 Å². The first kappa shape index (κ1) is 18.2. The largest absolute Gasteiger partial charge is 0.319 e. The molecule has 0 bridgehead atoms. The molecule has 0 amide bonds. The summed E-state index contributed by atoms with van der Waals surface area (Å²) in [5, 5.41) is 10.3. The summed E-state index contributed by atoms with van der Waals surface area (Å²) < 4.78 is 0. The van der Waals surface area contributed by atoms with Gasteiger partial charge in [0.05, 0.1) is 0 Å². The Bertz CT molecular complexity index is 509. The molecular formula is C18H24ClN3. The van der Waals surface area contributed by atoms with Crippen LogP contribution in [0.2, 0.25) is 0 Å². The molecule has 2 rings (SSSR count). The molecule has 22 heavy (non-hydrogen) atoms. The van der Waals surface area contributed by atoms with E-state index in [0.717, 1.165) is 23.6 Å². The first-order valence-electron chi connectivity index (χ1n) is 7.29. The van der Waals surface area contributed by atoms with Crippen LogP contribution in [0.5, 0.6) is 0 Å². The van der Waals surface area contributed by atoms with Gasteiger partial charge in [-0.05, 0) is 31.5 Å². The fraction of sp³-hybridized carbons (Fsp3) is 0.278. The highest BCUT2D eigenvalue weighted by molar-refractivity contribution is 6.31. The molecule has 0 aliphatic heterocycles. The Balaban J connectivity index is 0.000000406. The molecule has 2 atom stereocenters. The third kappa shape index (κ3) is 6.74. The molecule has 1 heterocycles. The summed E-state index contributed by atoms with van der Waals surface area (Å²) in [6.45, 7) is 8.74. The summed E-state index contributed by atoms with van der Waals surface area (Å²) in [6.07, 6.45) is 16.4. The van der Waals surface area contributed by atoms with Gasteiger partial charge in [0.15, 0.2) is 0 Å². The van der Waals surface area contributed by atoms with Crippen molar-refractivity contribution < 1.29 is 0 Å². The van der Waals surface area contributed by atoms with Crippen molar-refractivity contribution >= 4 is 11.6 Å². The van der Waals surface area contributed by atoms with Crippen molar-refractivity contribution in [2.45, 2.75) is 6.42 Å². The van der Waals surface area contributed by atoms with E-state index in [1.165, 1.54) is 0 Å². The van der Waals surface area contributed by atoms with Crippen LogP contribution in [-0.2, 0) is 0 Å². The number of hydrogen-bond acceptors (Lipinski definition) is 2. The van der Waals surface area contributed by atoms with Gasteiger partial charge in [-0.15, -0.1) is 0 Å². The summed E-state index contributed by atoms with van der Waals surface area (Å²) in [7, 11) is 1.97. The monoisotopic (exact) mass is 317 g/mol. The van der Waals surface area contributed by atoms with E-state index < -0.39 is 0 Å². The first-order chi connectivity index (χ1) is 10.7. The molecular weight excluding hydrogens is 294 g/mol. The first-order valence-corrected chi connectivity index (χ1v) is 7.67. The number of hydrogen-bond donors (Lipinski definition) is 2. The number of allylic oxidation sites excluding steroid dienone is 7. The van der Waals surface area contributed by atoms with Gasteiger partial charge in [-0.25, -0.2) is 0 Å². The van der Waals surface area contributed by atoms with E-state index in [1.54, 1.807) is 18.5 Å². The van der Waals surface area contributed by atoms with Crippen molar-refractivity contribution in [3.8, 4) is 0 Å². The number of halogens is 1. The Kier molecular flexibility index (Phi) is 8.96. The number of aromatic amines is 1. The summed E-state index contributed by atoms with van der Waals surface area (Å²) in [6, 6.07) is 1.83. The molecule has 1 aliphatic rings. The molecule has 3 nitrogen and oxygen atoms in total. The Morgan fingerprint density at radius 1 is 1.64 bits per heavy atom. The van der Waals surface area contributed by atoms with Crippen molar-refractivity contribution in [3.63, 3.8) is 0 Å². The minimum atomic E-state index is 0.397. The van der Waals surface area contributed by atoms with Crippen molar-refractivity contribution in [2.24, 2.45) is 11.8 Å². The standard InChI is InChI=1S/C15H20ClN.C3H4N2/c1-4-5-6-12(2)15(11-17-3)13-7-9-14(16)10-8-13;1-2-4-5-3-1/h4-7,9-10,13,15,17H,1-2,8,11H2,3H3;1-3H,(H,4,5)/b6-5-;. The van der Waals surface area contributed by atoms with E-state index in [0.29, 0.717) is 11.8 Å². The molecule has 0 fully saturated rings. The fourth-order valence-corrected chi connectivity index (χ4v) is 2.38. The van der Waals surface area contributed by atoms with Crippen LogP contribution in [-0.4, -0.2) is 23.8 Å². The summed E-state index contributed by atoms with van der Waals surface area (Å²) in [5.41, 5.74) is 1.13. The highest BCUT2D eigenvalue weighted by Crippen LogP contribution is 2.29. The lowest BCUT2D eigenvalue weighted by Gasteiger charge is -2.26. The zero-order valence-corrected chi connectivity index (χ0v) is 13.8. The zero-order valence-electron chi connectivity index (χ0n) is 13.0. The second-order valence-corrected chi connectivity index (χ2v) is 5.38. The van der Waals surface area contributed by atoms with Gasteiger partial charge < -0.3 is 5.32 Å². The van der Waals surface area contributed by atoms with E-state index in [-0.39, 0.29) is 0 Å². The van der Waals surface area contributed by atoms with Gasteiger partial charge in [0, 0.05) is 29.9 Å². The lowest BCUT2D eigenvalue weighted by Crippen LogP contribution is -2.26. The number of aromatic nitrogens is 2. The van der Waals surface area contributed by atoms with Crippen LogP contribution >= 0.6 is 11.6 Å². The van der Waals surface area contributed by atoms with Crippen LogP contribution in [0, 0.1) is 11.8 Å². The van der Waals surface area contributed by atoms with Gasteiger partial charge in [-0.3, -0.25) is 5.10 Å². The molecule has 0 radical (unpaired) electrons. The van der Waals surface area contributed by atoms with Crippen molar-refractivity contribution in [2.75, 3.05) is 13.6 Å². The summed E-state index contributed by atoms with van der Waals surface area (Å²) in [4.78, 5) is 0. The van der Waals surface area contributed by atoms with Crippen molar-refractivity contribution in [1.82, 2.24) is 15.5 Å². The third-order valence-electron chi connectivity index (χ3n) is 3.36. The Hall–Kier alpha value is -1.84. The number of H-pyrrole nitrogens is 1. The molecule has 1 aliphatic carbocycles.